The number of amides is 1. The molecule has 1 N–H and O–H groups in total. The molecule has 2 heterocycles. The molecule has 0 spiro atoms. The lowest BCUT2D eigenvalue weighted by atomic mass is 9.87. The molecule has 1 aliphatic rings. The van der Waals surface area contributed by atoms with Gasteiger partial charge in [0.05, 0.1) is 25.4 Å². The first kappa shape index (κ1) is 17.0. The van der Waals surface area contributed by atoms with E-state index in [0.29, 0.717) is 18.5 Å². The van der Waals surface area contributed by atoms with E-state index in [-0.39, 0.29) is 17.8 Å². The van der Waals surface area contributed by atoms with Crippen molar-refractivity contribution in [3.8, 4) is 0 Å². The van der Waals surface area contributed by atoms with Gasteiger partial charge in [0.25, 0.3) is 0 Å². The maximum Gasteiger partial charge on any atom is 0.337 e. The topological polar surface area (TPSA) is 73.2 Å². The van der Waals surface area contributed by atoms with E-state index in [4.69, 9.17) is 4.74 Å². The number of nitrogens with zero attached hydrogens (tertiary/aromatic N) is 2. The van der Waals surface area contributed by atoms with Gasteiger partial charge in [-0.2, -0.15) is 5.10 Å². The fraction of sp³-hybridized carbons (Fsp3) is 0.190. The second-order valence-electron chi connectivity index (χ2n) is 6.51. The summed E-state index contributed by atoms with van der Waals surface area (Å²) in [6.07, 6.45) is 2.16. The molecule has 1 aliphatic heterocycles. The maximum absolute atomic E-state index is 12.3. The zero-order valence-corrected chi connectivity index (χ0v) is 14.9. The summed E-state index contributed by atoms with van der Waals surface area (Å²) in [4.78, 5) is 23.9. The molecule has 136 valence electrons. The molecule has 0 saturated heterocycles. The molecule has 6 nitrogen and oxygen atoms in total. The smallest absolute Gasteiger partial charge is 0.337 e. The number of aromatic nitrogens is 2. The third-order valence-corrected chi connectivity index (χ3v) is 4.80. The Balaban J connectivity index is 1.65. The van der Waals surface area contributed by atoms with E-state index in [2.05, 4.69) is 10.4 Å². The molecule has 0 unspecified atom stereocenters. The van der Waals surface area contributed by atoms with E-state index in [0.717, 1.165) is 22.5 Å². The number of hydrogen-bond donors (Lipinski definition) is 1. The Morgan fingerprint density at radius 3 is 2.63 bits per heavy atom. The number of fused-ring (bicyclic) bond motifs is 1. The summed E-state index contributed by atoms with van der Waals surface area (Å²) < 4.78 is 6.56. The Bertz CT molecular complexity index is 978. The summed E-state index contributed by atoms with van der Waals surface area (Å²) in [6, 6.07) is 17.2. The summed E-state index contributed by atoms with van der Waals surface area (Å²) in [7, 11) is 1.36. The Morgan fingerprint density at radius 2 is 1.93 bits per heavy atom. The average Bonchev–Trinajstić information content (AvgIpc) is 3.10. The number of carbonyl (C=O) groups is 2. The highest BCUT2D eigenvalue weighted by molar-refractivity contribution is 5.94. The molecular formula is C21H19N3O3. The third-order valence-electron chi connectivity index (χ3n) is 4.80. The van der Waals surface area contributed by atoms with Crippen molar-refractivity contribution in [1.29, 1.82) is 0 Å². The van der Waals surface area contributed by atoms with Gasteiger partial charge in [0.1, 0.15) is 5.82 Å². The first-order valence-electron chi connectivity index (χ1n) is 8.73. The molecule has 0 saturated carbocycles. The van der Waals surface area contributed by atoms with Crippen LogP contribution in [0.3, 0.4) is 0 Å². The Labute approximate surface area is 156 Å². The molecule has 1 atom stereocenters. The zero-order chi connectivity index (χ0) is 18.8. The number of hydrogen-bond acceptors (Lipinski definition) is 4. The summed E-state index contributed by atoms with van der Waals surface area (Å²) in [5, 5.41) is 7.44. The highest BCUT2D eigenvalue weighted by Gasteiger charge is 2.30. The lowest BCUT2D eigenvalue weighted by molar-refractivity contribution is -0.116. The summed E-state index contributed by atoms with van der Waals surface area (Å²) in [6.45, 7) is 0.588. The van der Waals surface area contributed by atoms with Crippen LogP contribution in [0.4, 0.5) is 5.82 Å². The first-order valence-corrected chi connectivity index (χ1v) is 8.73. The molecule has 0 bridgehead atoms. The summed E-state index contributed by atoms with van der Waals surface area (Å²) in [5.74, 6) is 0.223. The van der Waals surface area contributed by atoms with Gasteiger partial charge in [0.2, 0.25) is 5.91 Å². The lowest BCUT2D eigenvalue weighted by Crippen LogP contribution is -2.25. The number of benzene rings is 2. The average molecular weight is 361 g/mol. The van der Waals surface area contributed by atoms with Gasteiger partial charge in [-0.05, 0) is 23.3 Å². The van der Waals surface area contributed by atoms with Gasteiger partial charge in [0, 0.05) is 17.9 Å². The van der Waals surface area contributed by atoms with Gasteiger partial charge < -0.3 is 10.1 Å². The van der Waals surface area contributed by atoms with Crippen molar-refractivity contribution >= 4 is 17.7 Å². The van der Waals surface area contributed by atoms with Gasteiger partial charge in [-0.15, -0.1) is 0 Å². The van der Waals surface area contributed by atoms with Crippen LogP contribution in [0.1, 0.15) is 39.4 Å². The summed E-state index contributed by atoms with van der Waals surface area (Å²) >= 11 is 0. The molecule has 27 heavy (non-hydrogen) atoms. The van der Waals surface area contributed by atoms with Crippen molar-refractivity contribution in [2.45, 2.75) is 18.9 Å². The van der Waals surface area contributed by atoms with Crippen molar-refractivity contribution in [2.24, 2.45) is 0 Å². The molecule has 2 aromatic carbocycles. The molecule has 1 amide bonds. The Hall–Kier alpha value is -3.41. The molecule has 0 radical (unpaired) electrons. The van der Waals surface area contributed by atoms with E-state index >= 15 is 0 Å². The normalized spacial score (nSPS) is 15.7. The largest absolute Gasteiger partial charge is 0.465 e. The number of nitrogens with one attached hydrogen (secondary N) is 1. The molecule has 0 fully saturated rings. The van der Waals surface area contributed by atoms with E-state index in [1.54, 1.807) is 12.1 Å². The van der Waals surface area contributed by atoms with Crippen LogP contribution in [0.25, 0.3) is 0 Å². The van der Waals surface area contributed by atoms with Gasteiger partial charge in [-0.1, -0.05) is 42.5 Å². The highest BCUT2D eigenvalue weighted by Crippen LogP contribution is 2.37. The van der Waals surface area contributed by atoms with Crippen molar-refractivity contribution in [3.63, 3.8) is 0 Å². The minimum atomic E-state index is -0.376. The molecule has 4 rings (SSSR count). The second kappa shape index (κ2) is 7.07. The van der Waals surface area contributed by atoms with Crippen LogP contribution in [0.15, 0.2) is 60.8 Å². The van der Waals surface area contributed by atoms with E-state index in [1.807, 2.05) is 53.3 Å². The van der Waals surface area contributed by atoms with Crippen LogP contribution < -0.4 is 5.32 Å². The fourth-order valence-corrected chi connectivity index (χ4v) is 3.41. The molecule has 6 heteroatoms. The standard InChI is InChI=1S/C21H19N3O3/c1-27-21(26)16-9-7-15(8-10-16)17-11-19(25)23-20-18(17)12-22-24(20)13-14-5-3-2-4-6-14/h2-10,12,17H,11,13H2,1H3,(H,23,25)/t17-/m1/s1. The molecular weight excluding hydrogens is 342 g/mol. The predicted molar refractivity (Wildman–Crippen MR) is 101 cm³/mol. The van der Waals surface area contributed by atoms with Gasteiger partial charge in [-0.3, -0.25) is 4.79 Å². The van der Waals surface area contributed by atoms with Crippen molar-refractivity contribution in [3.05, 3.63) is 83.0 Å². The van der Waals surface area contributed by atoms with Gasteiger partial charge >= 0.3 is 5.97 Å². The van der Waals surface area contributed by atoms with Crippen LogP contribution in [-0.2, 0) is 16.1 Å². The fourth-order valence-electron chi connectivity index (χ4n) is 3.41. The van der Waals surface area contributed by atoms with Crippen molar-refractivity contribution < 1.29 is 14.3 Å². The van der Waals surface area contributed by atoms with Crippen molar-refractivity contribution in [2.75, 3.05) is 12.4 Å². The molecule has 1 aromatic heterocycles. The number of anilines is 1. The highest BCUT2D eigenvalue weighted by atomic mass is 16.5. The van der Waals surface area contributed by atoms with Crippen LogP contribution in [0.5, 0.6) is 0 Å². The van der Waals surface area contributed by atoms with Gasteiger partial charge in [0.15, 0.2) is 0 Å². The Morgan fingerprint density at radius 1 is 1.19 bits per heavy atom. The minimum absolute atomic E-state index is 0.0423. The lowest BCUT2D eigenvalue weighted by Gasteiger charge is -2.24. The number of carbonyl (C=O) groups excluding carboxylic acids is 2. The molecule has 0 aliphatic carbocycles. The minimum Gasteiger partial charge on any atom is -0.465 e. The summed E-state index contributed by atoms with van der Waals surface area (Å²) in [5.41, 5.74) is 3.55. The van der Waals surface area contributed by atoms with Crippen molar-refractivity contribution in [1.82, 2.24) is 9.78 Å². The number of esters is 1. The SMILES string of the molecule is COC(=O)c1ccc([C@H]2CC(=O)Nc3c2cnn3Cc2ccccc2)cc1. The van der Waals surface area contributed by atoms with E-state index in [9.17, 15) is 9.59 Å². The van der Waals surface area contributed by atoms with E-state index < -0.39 is 0 Å². The third kappa shape index (κ3) is 3.33. The first-order chi connectivity index (χ1) is 13.2. The van der Waals surface area contributed by atoms with E-state index in [1.165, 1.54) is 7.11 Å². The Kier molecular flexibility index (Phi) is 4.46. The number of ether oxygens (including phenoxy) is 1. The van der Waals surface area contributed by atoms with Crippen LogP contribution >= 0.6 is 0 Å². The monoisotopic (exact) mass is 361 g/mol. The zero-order valence-electron chi connectivity index (χ0n) is 14.9. The molecule has 3 aromatic rings. The van der Waals surface area contributed by atoms with Crippen LogP contribution in [0.2, 0.25) is 0 Å². The van der Waals surface area contributed by atoms with Gasteiger partial charge in [-0.25, -0.2) is 9.48 Å². The predicted octanol–water partition coefficient (Wildman–Crippen LogP) is 3.19. The number of rotatable bonds is 4. The quantitative estimate of drug-likeness (QED) is 0.725. The maximum atomic E-state index is 12.3. The van der Waals surface area contributed by atoms with Crippen LogP contribution in [-0.4, -0.2) is 28.8 Å². The van der Waals surface area contributed by atoms with Crippen LogP contribution in [0, 0.1) is 0 Å². The number of methoxy groups -OCH3 is 1. The second-order valence-corrected chi connectivity index (χ2v) is 6.51.